The van der Waals surface area contributed by atoms with Gasteiger partial charge in [0.1, 0.15) is 4.88 Å². The molecule has 2 aromatic heterocycles. The number of likely N-dealkylation sites (tertiary alicyclic amines) is 1. The van der Waals surface area contributed by atoms with Crippen molar-refractivity contribution in [3.8, 4) is 0 Å². The van der Waals surface area contributed by atoms with E-state index in [2.05, 4.69) is 27.8 Å². The first kappa shape index (κ1) is 20.8. The fourth-order valence-corrected chi connectivity index (χ4v) is 6.20. The molecule has 2 amide bonds. The maximum atomic E-state index is 13.4. The SMILES string of the molecule is CNC(=O)c1sc2ccccc2c1C[C@@H]1CCCCN1C(=O)c1sc(NC)nc1C. The molecule has 0 unspecified atom stereocenters. The van der Waals surface area contributed by atoms with E-state index in [9.17, 15) is 9.59 Å². The minimum atomic E-state index is -0.0585. The second-order valence-corrected chi connectivity index (χ2v) is 9.57. The molecule has 0 spiro atoms. The maximum absolute atomic E-state index is 13.4. The van der Waals surface area contributed by atoms with Gasteiger partial charge in [-0.2, -0.15) is 0 Å². The Morgan fingerprint density at radius 3 is 2.70 bits per heavy atom. The highest BCUT2D eigenvalue weighted by atomic mass is 32.1. The van der Waals surface area contributed by atoms with E-state index in [0.29, 0.717) is 11.3 Å². The van der Waals surface area contributed by atoms with Gasteiger partial charge in [0.15, 0.2) is 5.13 Å². The normalized spacial score (nSPS) is 16.6. The molecule has 3 aromatic rings. The second kappa shape index (κ2) is 8.73. The predicted molar refractivity (Wildman–Crippen MR) is 124 cm³/mol. The zero-order valence-electron chi connectivity index (χ0n) is 17.4. The number of piperidine rings is 1. The molecular weight excluding hydrogens is 416 g/mol. The minimum Gasteiger partial charge on any atom is -0.365 e. The van der Waals surface area contributed by atoms with Gasteiger partial charge in [0.05, 0.1) is 10.6 Å². The summed E-state index contributed by atoms with van der Waals surface area (Å²) in [7, 11) is 3.48. The van der Waals surface area contributed by atoms with Crippen LogP contribution in [0.5, 0.6) is 0 Å². The van der Waals surface area contributed by atoms with Crippen LogP contribution in [0.25, 0.3) is 10.1 Å². The topological polar surface area (TPSA) is 74.3 Å². The van der Waals surface area contributed by atoms with Gasteiger partial charge in [0.2, 0.25) is 0 Å². The molecular formula is C22H26N4O2S2. The molecule has 158 valence electrons. The lowest BCUT2D eigenvalue weighted by Gasteiger charge is -2.36. The molecule has 0 saturated carbocycles. The van der Waals surface area contributed by atoms with Crippen molar-refractivity contribution in [1.29, 1.82) is 0 Å². The number of hydrogen-bond donors (Lipinski definition) is 2. The molecule has 1 atom stereocenters. The molecule has 2 N–H and O–H groups in total. The maximum Gasteiger partial charge on any atom is 0.266 e. The van der Waals surface area contributed by atoms with Crippen molar-refractivity contribution in [1.82, 2.24) is 15.2 Å². The van der Waals surface area contributed by atoms with Crippen LogP contribution in [0.1, 0.15) is 49.9 Å². The largest absolute Gasteiger partial charge is 0.365 e. The van der Waals surface area contributed by atoms with E-state index < -0.39 is 0 Å². The van der Waals surface area contributed by atoms with Crippen molar-refractivity contribution >= 4 is 49.7 Å². The Hall–Kier alpha value is -2.45. The van der Waals surface area contributed by atoms with Crippen molar-refractivity contribution in [3.05, 3.63) is 45.3 Å². The third-order valence-corrected chi connectivity index (χ3v) is 8.04. The molecule has 1 aliphatic heterocycles. The monoisotopic (exact) mass is 442 g/mol. The van der Waals surface area contributed by atoms with Crippen LogP contribution in [-0.4, -0.2) is 48.4 Å². The van der Waals surface area contributed by atoms with E-state index in [4.69, 9.17) is 0 Å². The number of rotatable bonds is 5. The van der Waals surface area contributed by atoms with Gasteiger partial charge < -0.3 is 15.5 Å². The number of hydrogen-bond acceptors (Lipinski definition) is 6. The highest BCUT2D eigenvalue weighted by molar-refractivity contribution is 7.21. The van der Waals surface area contributed by atoms with Crippen molar-refractivity contribution in [2.24, 2.45) is 0 Å². The summed E-state index contributed by atoms with van der Waals surface area (Å²) in [6, 6.07) is 8.22. The fraction of sp³-hybridized carbons (Fsp3) is 0.409. The standard InChI is InChI=1S/C22H26N4O2S2/c1-13-18(30-22(24-3)25-13)21(28)26-11-7-6-8-14(26)12-16-15-9-4-5-10-17(15)29-19(16)20(27)23-2/h4-5,9-10,14H,6-8,11-12H2,1-3H3,(H,23,27)(H,24,25)/t14-/m0/s1. The summed E-state index contributed by atoms with van der Waals surface area (Å²) in [6.45, 7) is 2.63. The van der Waals surface area contributed by atoms with Crippen molar-refractivity contribution < 1.29 is 9.59 Å². The zero-order chi connectivity index (χ0) is 21.3. The number of amides is 2. The van der Waals surface area contributed by atoms with E-state index in [0.717, 1.165) is 57.2 Å². The van der Waals surface area contributed by atoms with Gasteiger partial charge in [-0.05, 0) is 49.6 Å². The number of carbonyl (C=O) groups excluding carboxylic acids is 2. The summed E-state index contributed by atoms with van der Waals surface area (Å²) in [5, 5.41) is 7.68. The van der Waals surface area contributed by atoms with Crippen LogP contribution in [0.15, 0.2) is 24.3 Å². The Morgan fingerprint density at radius 1 is 1.17 bits per heavy atom. The molecule has 0 bridgehead atoms. The average Bonchev–Trinajstić information content (AvgIpc) is 3.33. The number of benzene rings is 1. The van der Waals surface area contributed by atoms with Gasteiger partial charge in [-0.15, -0.1) is 11.3 Å². The highest BCUT2D eigenvalue weighted by Crippen LogP contribution is 2.35. The highest BCUT2D eigenvalue weighted by Gasteiger charge is 2.32. The number of aryl methyl sites for hydroxylation is 1. The van der Waals surface area contributed by atoms with Crippen LogP contribution in [0.4, 0.5) is 5.13 Å². The van der Waals surface area contributed by atoms with Crippen LogP contribution < -0.4 is 10.6 Å². The van der Waals surface area contributed by atoms with Crippen molar-refractivity contribution in [2.45, 2.75) is 38.6 Å². The molecule has 6 nitrogen and oxygen atoms in total. The lowest BCUT2D eigenvalue weighted by atomic mass is 9.93. The van der Waals surface area contributed by atoms with Crippen LogP contribution in [0, 0.1) is 6.92 Å². The minimum absolute atomic E-state index is 0.0530. The number of nitrogens with one attached hydrogen (secondary N) is 2. The summed E-state index contributed by atoms with van der Waals surface area (Å²) in [5.74, 6) is -0.00548. The van der Waals surface area contributed by atoms with Crippen molar-refractivity contribution in [2.75, 3.05) is 26.0 Å². The van der Waals surface area contributed by atoms with E-state index in [1.54, 1.807) is 7.05 Å². The quantitative estimate of drug-likeness (QED) is 0.618. The van der Waals surface area contributed by atoms with Crippen LogP contribution in [0.3, 0.4) is 0 Å². The van der Waals surface area contributed by atoms with Gasteiger partial charge in [0, 0.05) is 31.4 Å². The Kier molecular flexibility index (Phi) is 6.06. The average molecular weight is 443 g/mol. The van der Waals surface area contributed by atoms with E-state index >= 15 is 0 Å². The third kappa shape index (κ3) is 3.81. The molecule has 8 heteroatoms. The van der Waals surface area contributed by atoms with E-state index in [1.165, 1.54) is 22.7 Å². The van der Waals surface area contributed by atoms with E-state index in [-0.39, 0.29) is 17.9 Å². The molecule has 0 aliphatic carbocycles. The predicted octanol–water partition coefficient (Wildman–Crippen LogP) is 4.30. The summed E-state index contributed by atoms with van der Waals surface area (Å²) >= 11 is 2.94. The molecule has 4 rings (SSSR count). The first-order chi connectivity index (χ1) is 14.5. The van der Waals surface area contributed by atoms with Crippen LogP contribution in [-0.2, 0) is 6.42 Å². The Balaban J connectivity index is 1.68. The summed E-state index contributed by atoms with van der Waals surface area (Å²) in [6.07, 6.45) is 3.73. The number of thiophene rings is 1. The number of thiazole rings is 1. The zero-order valence-corrected chi connectivity index (χ0v) is 19.1. The van der Waals surface area contributed by atoms with Gasteiger partial charge in [-0.25, -0.2) is 4.98 Å². The van der Waals surface area contributed by atoms with Crippen molar-refractivity contribution in [3.63, 3.8) is 0 Å². The first-order valence-electron chi connectivity index (χ1n) is 10.2. The molecule has 1 fully saturated rings. The smallest absolute Gasteiger partial charge is 0.266 e. The Labute approximate surface area is 184 Å². The van der Waals surface area contributed by atoms with Crippen LogP contribution >= 0.6 is 22.7 Å². The van der Waals surface area contributed by atoms with Gasteiger partial charge in [-0.3, -0.25) is 9.59 Å². The molecule has 1 saturated heterocycles. The van der Waals surface area contributed by atoms with E-state index in [1.807, 2.05) is 31.0 Å². The molecule has 30 heavy (non-hydrogen) atoms. The first-order valence-corrected chi connectivity index (χ1v) is 11.9. The Bertz CT molecular complexity index is 1090. The summed E-state index contributed by atoms with van der Waals surface area (Å²) < 4.78 is 1.11. The molecule has 1 aliphatic rings. The molecule has 1 aromatic carbocycles. The molecule has 3 heterocycles. The third-order valence-electron chi connectivity index (χ3n) is 5.66. The number of aromatic nitrogens is 1. The van der Waals surface area contributed by atoms with Gasteiger partial charge in [0.25, 0.3) is 11.8 Å². The lowest BCUT2D eigenvalue weighted by Crippen LogP contribution is -2.45. The number of nitrogens with zero attached hydrogens (tertiary/aromatic N) is 2. The summed E-state index contributed by atoms with van der Waals surface area (Å²) in [4.78, 5) is 33.9. The number of carbonyl (C=O) groups is 2. The number of fused-ring (bicyclic) bond motifs is 1. The number of anilines is 1. The molecule has 0 radical (unpaired) electrons. The fourth-order valence-electron chi connectivity index (χ4n) is 4.15. The summed E-state index contributed by atoms with van der Waals surface area (Å²) in [5.41, 5.74) is 1.82. The van der Waals surface area contributed by atoms with Gasteiger partial charge in [-0.1, -0.05) is 29.5 Å². The Morgan fingerprint density at radius 2 is 1.97 bits per heavy atom. The lowest BCUT2D eigenvalue weighted by molar-refractivity contribution is 0.0618. The van der Waals surface area contributed by atoms with Gasteiger partial charge >= 0.3 is 0 Å². The second-order valence-electron chi connectivity index (χ2n) is 7.52. The van der Waals surface area contributed by atoms with Crippen LogP contribution in [0.2, 0.25) is 0 Å².